The van der Waals surface area contributed by atoms with Crippen molar-refractivity contribution >= 4 is 23.7 Å². The zero-order valence-electron chi connectivity index (χ0n) is 8.54. The number of benzene rings is 1. The molecule has 0 bridgehead atoms. The topological polar surface area (TPSA) is 43.4 Å². The van der Waals surface area contributed by atoms with Crippen molar-refractivity contribution in [3.63, 3.8) is 0 Å². The van der Waals surface area contributed by atoms with Crippen LogP contribution in [0.1, 0.15) is 34.6 Å². The molecule has 3 nitrogen and oxygen atoms in total. The fourth-order valence-corrected chi connectivity index (χ4v) is 1.58. The highest BCUT2D eigenvalue weighted by Gasteiger charge is 2.16. The molecule has 0 unspecified atom stereocenters. The Morgan fingerprint density at radius 2 is 2.20 bits per heavy atom. The minimum Gasteiger partial charge on any atom is -0.492 e. The van der Waals surface area contributed by atoms with Crippen molar-refractivity contribution in [1.82, 2.24) is 0 Å². The Bertz CT molecular complexity index is 399. The summed E-state index contributed by atoms with van der Waals surface area (Å²) in [7, 11) is 0. The van der Waals surface area contributed by atoms with Crippen LogP contribution in [-0.4, -0.2) is 18.7 Å². The number of Topliss-reactive ketones (excluding diaryl/α,β-unsaturated/α-hetero) is 1. The molecule has 0 fully saturated rings. The normalized spacial score (nSPS) is 9.80. The van der Waals surface area contributed by atoms with Crippen LogP contribution in [0.4, 0.5) is 0 Å². The van der Waals surface area contributed by atoms with Crippen LogP contribution in [-0.2, 0) is 0 Å². The molecule has 4 heteroatoms. The van der Waals surface area contributed by atoms with E-state index in [0.29, 0.717) is 23.5 Å². The van der Waals surface area contributed by atoms with Crippen LogP contribution in [0.5, 0.6) is 5.75 Å². The molecule has 0 saturated heterocycles. The lowest BCUT2D eigenvalue weighted by atomic mass is 10.1. The molecule has 0 spiro atoms. The maximum Gasteiger partial charge on any atom is 0.165 e. The molecule has 0 aromatic heterocycles. The van der Waals surface area contributed by atoms with Crippen molar-refractivity contribution < 1.29 is 14.3 Å². The van der Waals surface area contributed by atoms with Crippen LogP contribution in [0.3, 0.4) is 0 Å². The van der Waals surface area contributed by atoms with Gasteiger partial charge < -0.3 is 4.74 Å². The molecule has 1 aromatic rings. The van der Waals surface area contributed by atoms with Gasteiger partial charge in [-0.3, -0.25) is 9.59 Å². The number of carbonyl (C=O) groups excluding carboxylic acids is 2. The average molecular weight is 227 g/mol. The molecule has 0 amide bonds. The van der Waals surface area contributed by atoms with Crippen molar-refractivity contribution in [3.8, 4) is 5.75 Å². The highest BCUT2D eigenvalue weighted by Crippen LogP contribution is 2.30. The highest BCUT2D eigenvalue weighted by atomic mass is 35.5. The molecular formula is C11H11ClO3. The van der Waals surface area contributed by atoms with E-state index in [4.69, 9.17) is 16.3 Å². The molecule has 1 aromatic carbocycles. The molecule has 80 valence electrons. The van der Waals surface area contributed by atoms with Gasteiger partial charge in [0.1, 0.15) is 5.75 Å². The van der Waals surface area contributed by atoms with Crippen LogP contribution in [0.15, 0.2) is 12.1 Å². The van der Waals surface area contributed by atoms with Crippen molar-refractivity contribution in [2.24, 2.45) is 0 Å². The van der Waals surface area contributed by atoms with Gasteiger partial charge in [0.15, 0.2) is 12.1 Å². The first-order valence-corrected chi connectivity index (χ1v) is 4.91. The lowest BCUT2D eigenvalue weighted by Gasteiger charge is -2.11. The van der Waals surface area contributed by atoms with E-state index in [1.54, 1.807) is 6.92 Å². The summed E-state index contributed by atoms with van der Waals surface area (Å²) >= 11 is 5.87. The Balaban J connectivity index is 3.43. The van der Waals surface area contributed by atoms with Crippen LogP contribution in [0, 0.1) is 0 Å². The second kappa shape index (κ2) is 4.94. The number of carbonyl (C=O) groups is 2. The third-order valence-electron chi connectivity index (χ3n) is 1.91. The van der Waals surface area contributed by atoms with Crippen LogP contribution in [0.25, 0.3) is 0 Å². The van der Waals surface area contributed by atoms with Crippen molar-refractivity contribution in [3.05, 3.63) is 28.3 Å². The second-order valence-electron chi connectivity index (χ2n) is 2.95. The minimum absolute atomic E-state index is 0.216. The molecule has 0 heterocycles. The van der Waals surface area contributed by atoms with E-state index in [0.717, 1.165) is 0 Å². The van der Waals surface area contributed by atoms with E-state index in [2.05, 4.69) is 0 Å². The lowest BCUT2D eigenvalue weighted by Crippen LogP contribution is -2.04. The molecule has 0 radical (unpaired) electrons. The van der Waals surface area contributed by atoms with E-state index in [1.165, 1.54) is 19.1 Å². The Hall–Kier alpha value is -1.35. The van der Waals surface area contributed by atoms with E-state index < -0.39 is 0 Å². The summed E-state index contributed by atoms with van der Waals surface area (Å²) in [6.45, 7) is 3.54. The summed E-state index contributed by atoms with van der Waals surface area (Å²) in [6.07, 6.45) is 0.647. The third-order valence-corrected chi connectivity index (χ3v) is 2.22. The van der Waals surface area contributed by atoms with Gasteiger partial charge in [0, 0.05) is 0 Å². The number of hydrogen-bond donors (Lipinski definition) is 0. The van der Waals surface area contributed by atoms with Crippen LogP contribution in [0.2, 0.25) is 5.02 Å². The first-order chi connectivity index (χ1) is 7.11. The predicted octanol–water partition coefficient (Wildman–Crippen LogP) is 2.75. The Kier molecular flexibility index (Phi) is 3.86. The number of aldehydes is 1. The summed E-state index contributed by atoms with van der Waals surface area (Å²) in [5, 5.41) is 0.302. The van der Waals surface area contributed by atoms with Gasteiger partial charge in [0.2, 0.25) is 0 Å². The van der Waals surface area contributed by atoms with Crippen molar-refractivity contribution in [2.45, 2.75) is 13.8 Å². The molecule has 0 saturated carbocycles. The minimum atomic E-state index is -0.216. The highest BCUT2D eigenvalue weighted by molar-refractivity contribution is 6.34. The summed E-state index contributed by atoms with van der Waals surface area (Å²) in [6, 6.07) is 3.05. The van der Waals surface area contributed by atoms with Crippen LogP contribution >= 0.6 is 11.6 Å². The van der Waals surface area contributed by atoms with Gasteiger partial charge in [-0.1, -0.05) is 11.6 Å². The number of halogens is 1. The SMILES string of the molecule is CCOc1c(C=O)ccc(Cl)c1C(C)=O. The van der Waals surface area contributed by atoms with Gasteiger partial charge in [0.05, 0.1) is 22.8 Å². The maximum absolute atomic E-state index is 11.3. The average Bonchev–Trinajstić information content (AvgIpc) is 2.18. The molecule has 0 aliphatic heterocycles. The van der Waals surface area contributed by atoms with Crippen molar-refractivity contribution in [2.75, 3.05) is 6.61 Å². The van der Waals surface area contributed by atoms with E-state index >= 15 is 0 Å². The summed E-state index contributed by atoms with van der Waals surface area (Å²) in [5.41, 5.74) is 0.606. The fourth-order valence-electron chi connectivity index (χ4n) is 1.30. The lowest BCUT2D eigenvalue weighted by molar-refractivity contribution is 0.101. The van der Waals surface area contributed by atoms with Gasteiger partial charge in [-0.15, -0.1) is 0 Å². The zero-order valence-corrected chi connectivity index (χ0v) is 9.30. The molecule has 0 atom stereocenters. The molecule has 0 N–H and O–H groups in total. The molecule has 0 aliphatic rings. The summed E-state index contributed by atoms with van der Waals surface area (Å²) in [5.74, 6) is 0.0552. The van der Waals surface area contributed by atoms with E-state index in [1.807, 2.05) is 0 Å². The quantitative estimate of drug-likeness (QED) is 0.586. The summed E-state index contributed by atoms with van der Waals surface area (Å²) < 4.78 is 5.26. The Labute approximate surface area is 93.0 Å². The monoisotopic (exact) mass is 226 g/mol. The summed E-state index contributed by atoms with van der Waals surface area (Å²) in [4.78, 5) is 22.1. The predicted molar refractivity (Wildman–Crippen MR) is 58.0 cm³/mol. The Morgan fingerprint density at radius 3 is 2.67 bits per heavy atom. The smallest absolute Gasteiger partial charge is 0.165 e. The number of hydrogen-bond acceptors (Lipinski definition) is 3. The standard InChI is InChI=1S/C11H11ClO3/c1-3-15-11-8(6-13)4-5-9(12)10(11)7(2)14/h4-6H,3H2,1-2H3. The van der Waals surface area contributed by atoms with Crippen LogP contribution < -0.4 is 4.74 Å². The fraction of sp³-hybridized carbons (Fsp3) is 0.273. The van der Waals surface area contributed by atoms with E-state index in [9.17, 15) is 9.59 Å². The second-order valence-corrected chi connectivity index (χ2v) is 3.35. The first kappa shape index (κ1) is 11.7. The van der Waals surface area contributed by atoms with Gasteiger partial charge in [0.25, 0.3) is 0 Å². The number of rotatable bonds is 4. The molecular weight excluding hydrogens is 216 g/mol. The zero-order chi connectivity index (χ0) is 11.4. The van der Waals surface area contributed by atoms with Gasteiger partial charge in [-0.25, -0.2) is 0 Å². The van der Waals surface area contributed by atoms with Crippen molar-refractivity contribution in [1.29, 1.82) is 0 Å². The van der Waals surface area contributed by atoms with E-state index in [-0.39, 0.29) is 17.1 Å². The maximum atomic E-state index is 11.3. The van der Waals surface area contributed by atoms with Gasteiger partial charge >= 0.3 is 0 Å². The number of ether oxygens (including phenoxy) is 1. The molecule has 1 rings (SSSR count). The first-order valence-electron chi connectivity index (χ1n) is 4.53. The Morgan fingerprint density at radius 1 is 1.53 bits per heavy atom. The van der Waals surface area contributed by atoms with Gasteiger partial charge in [-0.05, 0) is 26.0 Å². The molecule has 15 heavy (non-hydrogen) atoms. The largest absolute Gasteiger partial charge is 0.492 e. The van der Waals surface area contributed by atoms with Gasteiger partial charge in [-0.2, -0.15) is 0 Å². The third kappa shape index (κ3) is 2.36. The number of ketones is 1. The molecule has 0 aliphatic carbocycles.